The van der Waals surface area contributed by atoms with Crippen molar-refractivity contribution in [3.8, 4) is 22.2 Å². The molecule has 2 aliphatic heterocycles. The Balaban J connectivity index is 1.41. The van der Waals surface area contributed by atoms with E-state index < -0.39 is 86.4 Å². The second-order valence-electron chi connectivity index (χ2n) is 19.7. The molecule has 2 fully saturated rings. The van der Waals surface area contributed by atoms with Crippen LogP contribution < -0.4 is 24.8 Å². The van der Waals surface area contributed by atoms with Gasteiger partial charge in [-0.05, 0) is 82.9 Å². The number of hydrogen-bond donors (Lipinski definition) is 3. The SMILES string of the molecule is CCC1CC(C)CCC=CC2CC2(C(=O)NS(=O)(=O)C(C)CC)NC(=O)C2CC(Oc3ncc(-c4nc(C(C)(C)C)cs4)c4cc(OC)ccc34)CN2C(=O)C1NC(=O)OC(C)(C)C(F)(F)F. The van der Waals surface area contributed by atoms with Gasteiger partial charge in [-0.3, -0.25) is 19.1 Å². The molecule has 1 saturated heterocycles. The lowest BCUT2D eigenvalue weighted by Gasteiger charge is -2.35. The number of ether oxygens (including phenoxy) is 3. The summed E-state index contributed by atoms with van der Waals surface area (Å²) in [4.78, 5) is 68.2. The fraction of sp³-hybridized carbons (Fsp3) is 0.617. The van der Waals surface area contributed by atoms with Crippen molar-refractivity contribution in [1.82, 2.24) is 30.2 Å². The summed E-state index contributed by atoms with van der Waals surface area (Å²) in [5.74, 6) is -3.00. The highest BCUT2D eigenvalue weighted by Crippen LogP contribution is 2.46. The number of carbonyl (C=O) groups is 4. The zero-order valence-electron chi connectivity index (χ0n) is 39.7. The highest BCUT2D eigenvalue weighted by molar-refractivity contribution is 7.90. The maximum Gasteiger partial charge on any atom is 0.427 e. The van der Waals surface area contributed by atoms with Gasteiger partial charge in [0, 0.05) is 45.7 Å². The van der Waals surface area contributed by atoms with Gasteiger partial charge in [-0.15, -0.1) is 11.3 Å². The number of hydrogen-bond acceptors (Lipinski definition) is 12. The standard InChI is InChI=1S/C47H63F3N6O9S2/c1-11-27(4)67(61,62)55-42(59)46-22-29(46)16-14-13-15-26(3)19-28(12-2)37(53-43(60)65-45(8,9)47(48,49)50)41(58)56-24-31(21-35(56)38(57)54-46)64-39-32-18-17-30(63-10)20-33(32)34(23-51-39)40-52-36(25-66-40)44(5,6)7/h14,16-18,20,23,25-29,31,35,37H,11-13,15,19,21-22,24H2,1-10H3,(H,53,60)(H,54,57)(H,55,59). The number of sulfonamides is 1. The number of pyridine rings is 1. The number of thiazole rings is 1. The molecule has 8 unspecified atom stereocenters. The Hall–Kier alpha value is -4.98. The molecule has 1 aromatic carbocycles. The third-order valence-electron chi connectivity index (χ3n) is 13.3. The summed E-state index contributed by atoms with van der Waals surface area (Å²) in [7, 11) is -2.59. The Kier molecular flexibility index (Phi) is 15.0. The lowest BCUT2D eigenvalue weighted by Crippen LogP contribution is -2.60. The van der Waals surface area contributed by atoms with Crippen molar-refractivity contribution >= 4 is 55.9 Å². The molecule has 67 heavy (non-hydrogen) atoms. The monoisotopic (exact) mass is 976 g/mol. The van der Waals surface area contributed by atoms with Crippen molar-refractivity contribution in [2.45, 2.75) is 153 Å². The number of nitrogens with zero attached hydrogens (tertiary/aromatic N) is 3. The Morgan fingerprint density at radius 3 is 2.43 bits per heavy atom. The number of aromatic nitrogens is 2. The number of rotatable bonds is 11. The number of alkyl halides is 3. The van der Waals surface area contributed by atoms with Crippen molar-refractivity contribution in [2.75, 3.05) is 13.7 Å². The highest BCUT2D eigenvalue weighted by Gasteiger charge is 2.62. The number of allylic oxidation sites excluding steroid dienone is 1. The van der Waals surface area contributed by atoms with E-state index in [1.54, 1.807) is 45.4 Å². The Labute approximate surface area is 394 Å². The summed E-state index contributed by atoms with van der Waals surface area (Å²) in [6.45, 7) is 14.3. The van der Waals surface area contributed by atoms with Gasteiger partial charge in [0.1, 0.15) is 34.5 Å². The van der Waals surface area contributed by atoms with Crippen LogP contribution >= 0.6 is 11.3 Å². The molecule has 368 valence electrons. The molecule has 3 aliphatic rings. The number of amides is 4. The summed E-state index contributed by atoms with van der Waals surface area (Å²) < 4.78 is 87.4. The van der Waals surface area contributed by atoms with Crippen LogP contribution in [-0.2, 0) is 34.6 Å². The van der Waals surface area contributed by atoms with Crippen LogP contribution in [0.2, 0.25) is 0 Å². The van der Waals surface area contributed by atoms with Crippen LogP contribution in [0, 0.1) is 17.8 Å². The highest BCUT2D eigenvalue weighted by atomic mass is 32.2. The van der Waals surface area contributed by atoms with Gasteiger partial charge in [0.25, 0.3) is 5.91 Å². The average molecular weight is 977 g/mol. The number of carbonyl (C=O) groups excluding carboxylic acids is 4. The van der Waals surface area contributed by atoms with Gasteiger partial charge in [-0.2, -0.15) is 13.2 Å². The van der Waals surface area contributed by atoms with E-state index in [9.17, 15) is 36.0 Å². The van der Waals surface area contributed by atoms with Crippen LogP contribution in [0.4, 0.5) is 18.0 Å². The topological polar surface area (TPSA) is 195 Å². The molecule has 6 rings (SSSR count). The van der Waals surface area contributed by atoms with Crippen molar-refractivity contribution in [1.29, 1.82) is 0 Å². The molecule has 0 bridgehead atoms. The van der Waals surface area contributed by atoms with E-state index in [1.165, 1.54) is 23.2 Å². The molecule has 8 atom stereocenters. The molecule has 0 radical (unpaired) electrons. The first kappa shape index (κ1) is 51.4. The van der Waals surface area contributed by atoms with E-state index in [0.717, 1.165) is 16.3 Å². The first-order valence-corrected chi connectivity index (χ1v) is 25.2. The van der Waals surface area contributed by atoms with E-state index in [4.69, 9.17) is 24.2 Å². The van der Waals surface area contributed by atoms with Crippen molar-refractivity contribution in [2.24, 2.45) is 17.8 Å². The van der Waals surface area contributed by atoms with Gasteiger partial charge in [-0.1, -0.05) is 60.1 Å². The number of nitrogens with one attached hydrogen (secondary N) is 3. The van der Waals surface area contributed by atoms with E-state index in [0.29, 0.717) is 56.1 Å². The van der Waals surface area contributed by atoms with Gasteiger partial charge >= 0.3 is 12.3 Å². The lowest BCUT2D eigenvalue weighted by molar-refractivity contribution is -0.244. The summed E-state index contributed by atoms with van der Waals surface area (Å²) in [5, 5.41) is 8.36. The number of alkyl carbamates (subject to hydrolysis) is 1. The van der Waals surface area contributed by atoms with Gasteiger partial charge in [-0.25, -0.2) is 23.2 Å². The fourth-order valence-electron chi connectivity index (χ4n) is 8.51. The van der Waals surface area contributed by atoms with Crippen LogP contribution in [0.25, 0.3) is 21.3 Å². The molecule has 1 aliphatic carbocycles. The number of benzene rings is 1. The molecule has 2 aromatic heterocycles. The van der Waals surface area contributed by atoms with E-state index >= 15 is 4.79 Å². The van der Waals surface area contributed by atoms with Gasteiger partial charge in [0.2, 0.25) is 33.3 Å². The third kappa shape index (κ3) is 11.2. The van der Waals surface area contributed by atoms with Crippen LogP contribution in [0.5, 0.6) is 11.6 Å². The fourth-order valence-corrected chi connectivity index (χ4v) is 10.7. The minimum atomic E-state index is -4.93. The molecule has 0 spiro atoms. The minimum Gasteiger partial charge on any atom is -0.497 e. The molecule has 20 heteroatoms. The summed E-state index contributed by atoms with van der Waals surface area (Å²) >= 11 is 1.46. The number of methoxy groups -OCH3 is 1. The van der Waals surface area contributed by atoms with Crippen LogP contribution in [0.15, 0.2) is 41.9 Å². The second-order valence-corrected chi connectivity index (χ2v) is 22.6. The zero-order valence-corrected chi connectivity index (χ0v) is 41.3. The molecule has 3 aromatic rings. The molecular formula is C47H63F3N6O9S2. The molecule has 15 nitrogen and oxygen atoms in total. The van der Waals surface area contributed by atoms with Crippen molar-refractivity contribution in [3.05, 3.63) is 47.6 Å². The number of fused-ring (bicyclic) bond motifs is 3. The normalized spacial score (nSPS) is 25.8. The largest absolute Gasteiger partial charge is 0.497 e. The second kappa shape index (κ2) is 19.6. The Morgan fingerprint density at radius 2 is 1.81 bits per heavy atom. The predicted octanol–water partition coefficient (Wildman–Crippen LogP) is 7.97. The van der Waals surface area contributed by atoms with Crippen LogP contribution in [-0.4, -0.2) is 102 Å². The first-order chi connectivity index (χ1) is 31.2. The van der Waals surface area contributed by atoms with Gasteiger partial charge < -0.3 is 29.7 Å². The van der Waals surface area contributed by atoms with Gasteiger partial charge in [0.15, 0.2) is 0 Å². The smallest absolute Gasteiger partial charge is 0.427 e. The summed E-state index contributed by atoms with van der Waals surface area (Å²) in [6.07, 6.45) is -0.0409. The molecule has 3 N–H and O–H groups in total. The predicted molar refractivity (Wildman–Crippen MR) is 248 cm³/mol. The van der Waals surface area contributed by atoms with Crippen LogP contribution in [0.1, 0.15) is 113 Å². The Morgan fingerprint density at radius 1 is 1.09 bits per heavy atom. The summed E-state index contributed by atoms with van der Waals surface area (Å²) in [6, 6.07) is 2.55. The van der Waals surface area contributed by atoms with Crippen molar-refractivity contribution < 1.29 is 55.0 Å². The molecule has 4 amide bonds. The van der Waals surface area contributed by atoms with Gasteiger partial charge in [0.05, 0.1) is 24.6 Å². The number of halogens is 3. The maximum atomic E-state index is 15.1. The van der Waals surface area contributed by atoms with Crippen LogP contribution in [0.3, 0.4) is 0 Å². The molecule has 4 heterocycles. The van der Waals surface area contributed by atoms with Crippen molar-refractivity contribution in [3.63, 3.8) is 0 Å². The average Bonchev–Trinajstić information content (AvgIpc) is 3.52. The van der Waals surface area contributed by atoms with E-state index in [-0.39, 0.29) is 43.0 Å². The Bertz CT molecular complexity index is 2490. The lowest BCUT2D eigenvalue weighted by atomic mass is 9.85. The molecule has 1 saturated carbocycles. The quantitative estimate of drug-likeness (QED) is 0.158. The minimum absolute atomic E-state index is 0.0528. The van der Waals surface area contributed by atoms with E-state index in [1.807, 2.05) is 24.4 Å². The van der Waals surface area contributed by atoms with E-state index in [2.05, 4.69) is 36.1 Å². The molecular weight excluding hydrogens is 914 g/mol. The first-order valence-electron chi connectivity index (χ1n) is 22.8. The zero-order chi connectivity index (χ0) is 49.4. The summed E-state index contributed by atoms with van der Waals surface area (Å²) in [5.41, 5.74) is -3.18. The third-order valence-corrected chi connectivity index (χ3v) is 16.0. The maximum absolute atomic E-state index is 15.1.